The monoisotopic (exact) mass is 865 g/mol. The summed E-state index contributed by atoms with van der Waals surface area (Å²) < 4.78 is -0.0752. The van der Waals surface area contributed by atoms with Crippen LogP contribution < -0.4 is 0 Å². The summed E-state index contributed by atoms with van der Waals surface area (Å²) >= 11 is -5.19. The predicted molar refractivity (Wildman–Crippen MR) is 246 cm³/mol. The number of hydrogen-bond donors (Lipinski definition) is 0. The Morgan fingerprint density at radius 3 is 1.02 bits per heavy atom. The van der Waals surface area contributed by atoms with Crippen molar-refractivity contribution in [2.24, 2.45) is 10.8 Å². The summed E-state index contributed by atoms with van der Waals surface area (Å²) in [6, 6.07) is 53.1. The molecule has 6 aromatic carbocycles. The molecule has 0 amide bonds. The van der Waals surface area contributed by atoms with Gasteiger partial charge in [0, 0.05) is 0 Å². The van der Waals surface area contributed by atoms with Gasteiger partial charge in [0.15, 0.2) is 0 Å². The molecule has 4 heteroatoms. The Bertz CT molecular complexity index is 2320. The number of rotatable bonds is 7. The molecule has 2 unspecified atom stereocenters. The van der Waals surface area contributed by atoms with E-state index in [-0.39, 0.29) is 18.1 Å². The van der Waals surface area contributed by atoms with E-state index in [0.717, 1.165) is 0 Å². The van der Waals surface area contributed by atoms with Gasteiger partial charge in [-0.3, -0.25) is 0 Å². The minimum absolute atomic E-state index is 0.0376. The van der Waals surface area contributed by atoms with Gasteiger partial charge in [0.25, 0.3) is 0 Å². The second-order valence-corrected chi connectivity index (χ2v) is 60.9. The van der Waals surface area contributed by atoms with Gasteiger partial charge in [-0.05, 0) is 0 Å². The molecule has 283 valence electrons. The maximum absolute atomic E-state index is 9.06. The molecular formula is C52H53Cl2SiZr. The third kappa shape index (κ3) is 6.44. The SMILES string of the molecule is C[SiH](C)[Zr]([Cl])([Cl])([CH]1C(C(C)(C)C)=Cc2c1ccc(-c1ccccc1)c2-c1ccccc1)[CH]1C(C(C)(C)C)=Cc2c1ccc(-c1ccccc1)c2-c1ccccc1. The van der Waals surface area contributed by atoms with Gasteiger partial charge in [-0.1, -0.05) is 0 Å². The number of hydrogen-bond acceptors (Lipinski definition) is 0. The van der Waals surface area contributed by atoms with E-state index >= 15 is 0 Å². The van der Waals surface area contributed by atoms with Crippen molar-refractivity contribution < 1.29 is 15.6 Å². The first kappa shape index (κ1) is 39.3. The van der Waals surface area contributed by atoms with Crippen LogP contribution in [-0.2, 0) is 15.6 Å². The Morgan fingerprint density at radius 2 is 0.732 bits per heavy atom. The zero-order valence-electron chi connectivity index (χ0n) is 34.0. The van der Waals surface area contributed by atoms with E-state index in [1.807, 2.05) is 0 Å². The van der Waals surface area contributed by atoms with Crippen LogP contribution in [0.5, 0.6) is 0 Å². The summed E-state index contributed by atoms with van der Waals surface area (Å²) in [5.41, 5.74) is 17.5. The van der Waals surface area contributed by atoms with Crippen LogP contribution in [0.15, 0.2) is 157 Å². The van der Waals surface area contributed by atoms with E-state index in [0.29, 0.717) is 0 Å². The van der Waals surface area contributed by atoms with Crippen molar-refractivity contribution in [3.63, 3.8) is 0 Å². The molecule has 0 nitrogen and oxygen atoms in total. The Labute approximate surface area is 344 Å². The van der Waals surface area contributed by atoms with Crippen molar-refractivity contribution in [1.29, 1.82) is 0 Å². The van der Waals surface area contributed by atoms with E-state index in [4.69, 9.17) is 17.0 Å². The fourth-order valence-corrected chi connectivity index (χ4v) is 41.2. The molecule has 0 aromatic heterocycles. The maximum atomic E-state index is 9.06. The second kappa shape index (κ2) is 14.4. The van der Waals surface area contributed by atoms with Gasteiger partial charge >= 0.3 is 347 Å². The van der Waals surface area contributed by atoms with E-state index in [1.54, 1.807) is 0 Å². The van der Waals surface area contributed by atoms with Gasteiger partial charge in [-0.15, -0.1) is 0 Å². The zero-order valence-corrected chi connectivity index (χ0v) is 39.1. The van der Waals surface area contributed by atoms with Gasteiger partial charge in [0.1, 0.15) is 0 Å². The van der Waals surface area contributed by atoms with E-state index in [2.05, 4.69) is 212 Å². The molecule has 6 aromatic rings. The first-order chi connectivity index (χ1) is 26.6. The molecule has 0 spiro atoms. The van der Waals surface area contributed by atoms with E-state index in [9.17, 15) is 0 Å². The summed E-state index contributed by atoms with van der Waals surface area (Å²) in [6.45, 7) is 19.1. The topological polar surface area (TPSA) is 0 Å². The molecule has 0 N–H and O–H groups in total. The number of halogens is 2. The molecule has 2 aliphatic carbocycles. The summed E-state index contributed by atoms with van der Waals surface area (Å²) in [7, 11) is 18.1. The van der Waals surface area contributed by atoms with Crippen molar-refractivity contribution in [2.45, 2.75) is 61.9 Å². The molecule has 0 saturated carbocycles. The average Bonchev–Trinajstić information content (AvgIpc) is 3.81. The molecule has 2 atom stereocenters. The number of fused-ring (bicyclic) bond motifs is 2. The molecule has 56 heavy (non-hydrogen) atoms. The summed E-state index contributed by atoms with van der Waals surface area (Å²) in [6.07, 6.45) is 5.04. The Morgan fingerprint density at radius 1 is 0.429 bits per heavy atom. The van der Waals surface area contributed by atoms with E-state index < -0.39 is 21.5 Å². The number of benzene rings is 6. The van der Waals surface area contributed by atoms with Crippen LogP contribution in [0.1, 0.15) is 71.0 Å². The first-order valence-corrected chi connectivity index (χ1v) is 36.5. The average molecular weight is 868 g/mol. The van der Waals surface area contributed by atoms with Crippen molar-refractivity contribution >= 4 is 35.1 Å². The van der Waals surface area contributed by atoms with Crippen molar-refractivity contribution in [2.75, 3.05) is 0 Å². The van der Waals surface area contributed by atoms with E-state index in [1.165, 1.54) is 77.9 Å². The van der Waals surface area contributed by atoms with Gasteiger partial charge in [0.2, 0.25) is 0 Å². The molecule has 2 aliphatic rings. The van der Waals surface area contributed by atoms with Crippen LogP contribution in [0.2, 0.25) is 13.1 Å². The van der Waals surface area contributed by atoms with Crippen molar-refractivity contribution in [1.82, 2.24) is 0 Å². The normalized spacial score (nSPS) is 17.5. The molecule has 0 bridgehead atoms. The molecule has 0 fully saturated rings. The van der Waals surface area contributed by atoms with Crippen molar-refractivity contribution in [3.8, 4) is 44.5 Å². The third-order valence-corrected chi connectivity index (χ3v) is 64.2. The Balaban J connectivity index is 1.45. The van der Waals surface area contributed by atoms with Crippen LogP contribution in [0.3, 0.4) is 0 Å². The van der Waals surface area contributed by atoms with Crippen LogP contribution in [0.25, 0.3) is 56.7 Å². The summed E-state index contributed by atoms with van der Waals surface area (Å²) in [5, 5.41) is 0. The quantitative estimate of drug-likeness (QED) is 0.140. The third-order valence-electron chi connectivity index (χ3n) is 12.6. The molecule has 0 saturated heterocycles. The zero-order chi connectivity index (χ0) is 39.6. The van der Waals surface area contributed by atoms with Gasteiger partial charge in [0.05, 0.1) is 0 Å². The summed E-state index contributed by atoms with van der Waals surface area (Å²) in [4.78, 5) is 0. The minimum atomic E-state index is -5.19. The van der Waals surface area contributed by atoms with Crippen LogP contribution in [0.4, 0.5) is 0 Å². The molecular weight excluding hydrogens is 815 g/mol. The number of allylic oxidation sites excluding steroid dienone is 2. The fourth-order valence-electron chi connectivity index (χ4n) is 9.77. The molecule has 8 rings (SSSR count). The molecule has 0 aliphatic heterocycles. The van der Waals surface area contributed by atoms with Crippen LogP contribution in [0, 0.1) is 10.8 Å². The van der Waals surface area contributed by atoms with Gasteiger partial charge < -0.3 is 0 Å². The second-order valence-electron chi connectivity index (χ2n) is 18.4. The molecule has 0 radical (unpaired) electrons. The molecule has 0 heterocycles. The van der Waals surface area contributed by atoms with Crippen molar-refractivity contribution in [3.05, 3.63) is 179 Å². The predicted octanol–water partition coefficient (Wildman–Crippen LogP) is 16.0. The first-order valence-electron chi connectivity index (χ1n) is 20.2. The summed E-state index contributed by atoms with van der Waals surface area (Å²) in [5.74, 6) is -1.82. The Hall–Kier alpha value is -3.52. The van der Waals surface area contributed by atoms with Crippen LogP contribution >= 0.6 is 17.0 Å². The standard InChI is InChI=1S/2C25H23.C2H7Si.2ClH.Zr/c2*1-25(2,3)21-16-20-14-15-22(18-10-6-4-7-11-18)24(23(20)17-21)19-12-8-5-9-13-19;1-3-2;;;/h2*4-17H,1-3H3;3H,1-2H3;2*1H;/q;;;;;+2/p-2. The van der Waals surface area contributed by atoms with Crippen LogP contribution in [-0.4, -0.2) is 5.92 Å². The fraction of sp³-hybridized carbons (Fsp3) is 0.231. The Kier molecular flexibility index (Phi) is 10.1. The van der Waals surface area contributed by atoms with Gasteiger partial charge in [-0.2, -0.15) is 0 Å². The van der Waals surface area contributed by atoms with Gasteiger partial charge in [-0.25, -0.2) is 0 Å².